The number of rotatable bonds is 9. The Hall–Kier alpha value is -1.04. The number of nitrogens with zero attached hydrogens (tertiary/aromatic N) is 1. The van der Waals surface area contributed by atoms with Crippen molar-refractivity contribution >= 4 is 7.48 Å². The number of phenols is 1. The van der Waals surface area contributed by atoms with Gasteiger partial charge >= 0.3 is 0 Å². The van der Waals surface area contributed by atoms with Gasteiger partial charge in [-0.25, -0.2) is 0 Å². The highest BCUT2D eigenvalue weighted by Gasteiger charge is 2.39. The lowest BCUT2D eigenvalue weighted by Gasteiger charge is -2.43. The van der Waals surface area contributed by atoms with Gasteiger partial charge in [-0.1, -0.05) is 33.7 Å². The van der Waals surface area contributed by atoms with E-state index in [0.717, 1.165) is 17.5 Å². The molecule has 0 heterocycles. The molecule has 1 aromatic carbocycles. The molecule has 0 saturated heterocycles. The molecule has 0 spiro atoms. The Balaban J connectivity index is 3.39. The largest absolute Gasteiger partial charge is 0.508 e. The van der Waals surface area contributed by atoms with E-state index >= 15 is 0 Å². The molecular formula is C21H39BN2O2. The van der Waals surface area contributed by atoms with Crippen LogP contribution in [-0.2, 0) is 10.1 Å². The molecule has 0 aliphatic carbocycles. The summed E-state index contributed by atoms with van der Waals surface area (Å²) in [6.07, 6.45) is 0.927. The summed E-state index contributed by atoms with van der Waals surface area (Å²) in [7, 11) is 4.74. The molecular weight excluding hydrogens is 323 g/mol. The van der Waals surface area contributed by atoms with Crippen molar-refractivity contribution in [1.29, 1.82) is 0 Å². The third-order valence-electron chi connectivity index (χ3n) is 5.98. The van der Waals surface area contributed by atoms with Gasteiger partial charge in [0.2, 0.25) is 0 Å². The van der Waals surface area contributed by atoms with Crippen molar-refractivity contribution in [1.82, 2.24) is 10.2 Å². The number of hydrogen-bond acceptors (Lipinski definition) is 4. The van der Waals surface area contributed by atoms with Gasteiger partial charge in [0.25, 0.3) is 7.48 Å². The van der Waals surface area contributed by atoms with Crippen LogP contribution in [0, 0.1) is 0 Å². The van der Waals surface area contributed by atoms with Gasteiger partial charge in [-0.3, -0.25) is 10.2 Å². The number of nitrogens with one attached hydrogen (secondary N) is 1. The second kappa shape index (κ2) is 8.32. The zero-order chi connectivity index (χ0) is 20.3. The van der Waals surface area contributed by atoms with Gasteiger partial charge in [-0.15, -0.1) is 0 Å². The Morgan fingerprint density at radius 1 is 1.15 bits per heavy atom. The molecule has 0 aromatic heterocycles. The predicted molar refractivity (Wildman–Crippen MR) is 113 cm³/mol. The first-order valence-electron chi connectivity index (χ1n) is 9.70. The van der Waals surface area contributed by atoms with Crippen LogP contribution in [0.25, 0.3) is 0 Å². The zero-order valence-corrected chi connectivity index (χ0v) is 18.5. The van der Waals surface area contributed by atoms with Crippen LogP contribution < -0.4 is 5.32 Å². The maximum absolute atomic E-state index is 10.6. The summed E-state index contributed by atoms with van der Waals surface area (Å²) >= 11 is 0. The molecule has 26 heavy (non-hydrogen) atoms. The summed E-state index contributed by atoms with van der Waals surface area (Å²) in [5.41, 5.74) is 1.50. The molecule has 0 saturated carbocycles. The van der Waals surface area contributed by atoms with Crippen molar-refractivity contribution in [3.05, 3.63) is 29.3 Å². The second-order valence-corrected chi connectivity index (χ2v) is 9.09. The second-order valence-electron chi connectivity index (χ2n) is 9.09. The Labute approximate surface area is 161 Å². The summed E-state index contributed by atoms with van der Waals surface area (Å²) in [6.45, 7) is 17.2. The van der Waals surface area contributed by atoms with Crippen LogP contribution in [-0.4, -0.2) is 42.7 Å². The quantitative estimate of drug-likeness (QED) is 0.510. The molecule has 1 unspecified atom stereocenters. The minimum absolute atomic E-state index is 0.0303. The van der Waals surface area contributed by atoms with E-state index in [9.17, 15) is 5.11 Å². The van der Waals surface area contributed by atoms with E-state index in [-0.39, 0.29) is 22.7 Å². The summed E-state index contributed by atoms with van der Waals surface area (Å²) in [6, 6.07) is 5.95. The minimum Gasteiger partial charge on any atom is -0.508 e. The lowest BCUT2D eigenvalue weighted by Crippen LogP contribution is -2.47. The molecule has 0 aliphatic rings. The summed E-state index contributed by atoms with van der Waals surface area (Å²) in [4.78, 5) is 2.11. The fourth-order valence-corrected chi connectivity index (χ4v) is 3.01. The maximum Gasteiger partial charge on any atom is 0.272 e. The van der Waals surface area contributed by atoms with Gasteiger partial charge in [-0.2, -0.15) is 0 Å². The SMILES string of the molecule is CBOC(C)(C)C(C)(C)c1ccc(O)c(C(NC(C)(C)CC)N(C)C)c1. The minimum atomic E-state index is -0.320. The zero-order valence-electron chi connectivity index (χ0n) is 18.5. The molecule has 0 aliphatic heterocycles. The van der Waals surface area contributed by atoms with Crippen molar-refractivity contribution in [3.63, 3.8) is 0 Å². The molecule has 0 radical (unpaired) electrons. The van der Waals surface area contributed by atoms with Crippen molar-refractivity contribution in [3.8, 4) is 5.75 Å². The average Bonchev–Trinajstić information content (AvgIpc) is 2.52. The first kappa shape index (κ1) is 23.0. The Kier molecular flexibility index (Phi) is 7.37. The Bertz CT molecular complexity index is 598. The van der Waals surface area contributed by atoms with E-state index in [1.54, 1.807) is 0 Å². The summed E-state index contributed by atoms with van der Waals surface area (Å²) < 4.78 is 6.04. The molecule has 148 valence electrons. The van der Waals surface area contributed by atoms with E-state index in [0.29, 0.717) is 13.2 Å². The van der Waals surface area contributed by atoms with E-state index in [4.69, 9.17) is 4.65 Å². The molecule has 0 amide bonds. The third kappa shape index (κ3) is 5.02. The van der Waals surface area contributed by atoms with Crippen molar-refractivity contribution in [2.24, 2.45) is 0 Å². The van der Waals surface area contributed by atoms with Crippen LogP contribution in [0.1, 0.15) is 72.2 Å². The normalized spacial score (nSPS) is 14.6. The van der Waals surface area contributed by atoms with Crippen LogP contribution in [0.15, 0.2) is 18.2 Å². The molecule has 1 rings (SSSR count). The van der Waals surface area contributed by atoms with Crippen molar-refractivity contribution in [2.45, 2.75) is 84.4 Å². The first-order valence-corrected chi connectivity index (χ1v) is 9.70. The number of phenolic OH excluding ortho intramolecular Hbond substituents is 1. The van der Waals surface area contributed by atoms with Crippen molar-refractivity contribution < 1.29 is 9.76 Å². The topological polar surface area (TPSA) is 44.7 Å². The van der Waals surface area contributed by atoms with Gasteiger partial charge in [-0.05, 0) is 65.9 Å². The van der Waals surface area contributed by atoms with Crippen LogP contribution in [0.4, 0.5) is 0 Å². The van der Waals surface area contributed by atoms with E-state index in [2.05, 4.69) is 64.7 Å². The van der Waals surface area contributed by atoms with Crippen LogP contribution in [0.2, 0.25) is 6.82 Å². The molecule has 1 aromatic rings. The van der Waals surface area contributed by atoms with Crippen LogP contribution in [0.5, 0.6) is 5.75 Å². The highest BCUT2D eigenvalue weighted by molar-refractivity contribution is 6.25. The van der Waals surface area contributed by atoms with Crippen molar-refractivity contribution in [2.75, 3.05) is 14.1 Å². The fourth-order valence-electron chi connectivity index (χ4n) is 3.01. The van der Waals surface area contributed by atoms with E-state index in [1.165, 1.54) is 0 Å². The van der Waals surface area contributed by atoms with Gasteiger partial charge < -0.3 is 9.76 Å². The molecule has 1 atom stereocenters. The van der Waals surface area contributed by atoms with Gasteiger partial charge in [0.05, 0.1) is 11.8 Å². The molecule has 2 N–H and O–H groups in total. The molecule has 4 nitrogen and oxygen atoms in total. The third-order valence-corrected chi connectivity index (χ3v) is 5.98. The Morgan fingerprint density at radius 3 is 2.19 bits per heavy atom. The lowest BCUT2D eigenvalue weighted by molar-refractivity contribution is 0.0399. The van der Waals surface area contributed by atoms with E-state index < -0.39 is 0 Å². The molecule has 0 fully saturated rings. The monoisotopic (exact) mass is 362 g/mol. The number of aromatic hydroxyl groups is 1. The van der Waals surface area contributed by atoms with Gasteiger partial charge in [0, 0.05) is 16.5 Å². The summed E-state index contributed by atoms with van der Waals surface area (Å²) in [5, 5.41) is 14.3. The average molecular weight is 362 g/mol. The Morgan fingerprint density at radius 2 is 1.73 bits per heavy atom. The molecule has 5 heteroatoms. The summed E-state index contributed by atoms with van der Waals surface area (Å²) in [5.74, 6) is 0.317. The van der Waals surface area contributed by atoms with Crippen LogP contribution >= 0.6 is 0 Å². The molecule has 0 bridgehead atoms. The maximum atomic E-state index is 10.6. The van der Waals surface area contributed by atoms with Gasteiger partial charge in [0.1, 0.15) is 5.75 Å². The fraction of sp³-hybridized carbons (Fsp3) is 0.714. The number of benzene rings is 1. The standard InChI is InChI=1S/C21H39BN2O2/c1-11-19(2,3)23-18(24(9)10)16-14-15(12-13-17(16)25)20(4,5)21(6,7)26-22-8/h12-14,18,22-23,25H,11H2,1-10H3. The number of hydrogen-bond donors (Lipinski definition) is 2. The highest BCUT2D eigenvalue weighted by atomic mass is 16.5. The van der Waals surface area contributed by atoms with Crippen LogP contribution in [0.3, 0.4) is 0 Å². The van der Waals surface area contributed by atoms with Gasteiger partial charge in [0.15, 0.2) is 0 Å². The smallest absolute Gasteiger partial charge is 0.272 e. The highest BCUT2D eigenvalue weighted by Crippen LogP contribution is 2.40. The van der Waals surface area contributed by atoms with E-state index in [1.807, 2.05) is 33.1 Å². The first-order chi connectivity index (χ1) is 11.8. The predicted octanol–water partition coefficient (Wildman–Crippen LogP) is 4.20. The lowest BCUT2D eigenvalue weighted by atomic mass is 9.70.